The summed E-state index contributed by atoms with van der Waals surface area (Å²) in [6.45, 7) is 0.875. The predicted molar refractivity (Wildman–Crippen MR) is 79.2 cm³/mol. The molecule has 1 aromatic heterocycles. The van der Waals surface area contributed by atoms with Gasteiger partial charge in [-0.2, -0.15) is 11.8 Å². The Morgan fingerprint density at radius 1 is 1.50 bits per heavy atom. The van der Waals surface area contributed by atoms with Crippen LogP contribution in [0.1, 0.15) is 19.3 Å². The number of pyridine rings is 1. The summed E-state index contributed by atoms with van der Waals surface area (Å²) >= 11 is 5.47. The molecule has 0 aliphatic carbocycles. The molecule has 0 saturated carbocycles. The van der Waals surface area contributed by atoms with Gasteiger partial charge in [0.1, 0.15) is 0 Å². The first-order valence-electron chi connectivity index (χ1n) is 6.35. The van der Waals surface area contributed by atoms with Gasteiger partial charge in [0.15, 0.2) is 0 Å². The number of nitrogens with zero attached hydrogens (tertiary/aromatic N) is 1. The molecule has 3 rings (SSSR count). The molecule has 1 aromatic rings. The number of thioether (sulfide) groups is 1. The normalized spacial score (nSPS) is 31.7. The molecule has 5 heteroatoms. The molecule has 3 heterocycles. The Kier molecular flexibility index (Phi) is 3.82. The number of nitrogens with one attached hydrogen (secondary N) is 1. The first kappa shape index (κ1) is 12.8. The molecular formula is C13H17BrN2OS. The fourth-order valence-corrected chi connectivity index (χ4v) is 4.48. The van der Waals surface area contributed by atoms with Crippen molar-refractivity contribution in [2.24, 2.45) is 0 Å². The predicted octanol–water partition coefficient (Wildman–Crippen LogP) is 3.31. The van der Waals surface area contributed by atoms with Crippen LogP contribution in [0.4, 0.5) is 5.69 Å². The van der Waals surface area contributed by atoms with Crippen molar-refractivity contribution in [1.29, 1.82) is 0 Å². The SMILES string of the molecule is Brc1cncc(NC2CCOC3(CCSC3)C2)c1. The minimum Gasteiger partial charge on any atom is -0.381 e. The molecule has 0 radical (unpaired) electrons. The van der Waals surface area contributed by atoms with Gasteiger partial charge in [0.25, 0.3) is 0 Å². The van der Waals surface area contributed by atoms with Crippen molar-refractivity contribution in [3.8, 4) is 0 Å². The second-order valence-corrected chi connectivity index (χ2v) is 7.08. The van der Waals surface area contributed by atoms with Crippen LogP contribution in [0.25, 0.3) is 0 Å². The van der Waals surface area contributed by atoms with Crippen LogP contribution in [0, 0.1) is 0 Å². The summed E-state index contributed by atoms with van der Waals surface area (Å²) < 4.78 is 7.05. The van der Waals surface area contributed by atoms with E-state index in [1.807, 2.05) is 24.2 Å². The van der Waals surface area contributed by atoms with Crippen LogP contribution in [-0.4, -0.2) is 34.7 Å². The number of halogens is 1. The minimum absolute atomic E-state index is 0.139. The number of anilines is 1. The molecule has 0 bridgehead atoms. The average molecular weight is 329 g/mol. The number of rotatable bonds is 2. The minimum atomic E-state index is 0.139. The topological polar surface area (TPSA) is 34.2 Å². The van der Waals surface area contributed by atoms with Crippen LogP contribution in [0.5, 0.6) is 0 Å². The van der Waals surface area contributed by atoms with Gasteiger partial charge in [-0.1, -0.05) is 0 Å². The van der Waals surface area contributed by atoms with E-state index in [1.165, 1.54) is 12.2 Å². The van der Waals surface area contributed by atoms with Crippen LogP contribution in [0.3, 0.4) is 0 Å². The summed E-state index contributed by atoms with van der Waals surface area (Å²) in [4.78, 5) is 4.19. The van der Waals surface area contributed by atoms with E-state index >= 15 is 0 Å². The quantitative estimate of drug-likeness (QED) is 0.903. The second kappa shape index (κ2) is 5.39. The molecule has 0 aromatic carbocycles. The van der Waals surface area contributed by atoms with E-state index in [1.54, 1.807) is 0 Å². The lowest BCUT2D eigenvalue weighted by molar-refractivity contribution is -0.0628. The smallest absolute Gasteiger partial charge is 0.0799 e. The maximum atomic E-state index is 6.03. The first-order chi connectivity index (χ1) is 8.76. The number of hydrogen-bond acceptors (Lipinski definition) is 4. The second-order valence-electron chi connectivity index (χ2n) is 5.06. The van der Waals surface area contributed by atoms with E-state index in [0.717, 1.165) is 35.4 Å². The van der Waals surface area contributed by atoms with Crippen molar-refractivity contribution in [1.82, 2.24) is 4.98 Å². The highest BCUT2D eigenvalue weighted by Crippen LogP contribution is 2.38. The van der Waals surface area contributed by atoms with E-state index < -0.39 is 0 Å². The largest absolute Gasteiger partial charge is 0.381 e. The Bertz CT molecular complexity index is 423. The molecule has 0 amide bonds. The molecule has 2 atom stereocenters. The summed E-state index contributed by atoms with van der Waals surface area (Å²) in [5, 5.41) is 3.59. The zero-order valence-corrected chi connectivity index (χ0v) is 12.6. The van der Waals surface area contributed by atoms with E-state index in [2.05, 4.69) is 32.3 Å². The third-order valence-electron chi connectivity index (χ3n) is 3.64. The van der Waals surface area contributed by atoms with E-state index in [9.17, 15) is 0 Å². The van der Waals surface area contributed by atoms with Gasteiger partial charge in [0, 0.05) is 29.1 Å². The molecule has 2 unspecified atom stereocenters. The Morgan fingerprint density at radius 3 is 3.22 bits per heavy atom. The monoisotopic (exact) mass is 328 g/mol. The van der Waals surface area contributed by atoms with E-state index in [4.69, 9.17) is 4.74 Å². The third kappa shape index (κ3) is 2.83. The van der Waals surface area contributed by atoms with Gasteiger partial charge in [0.2, 0.25) is 0 Å². The highest BCUT2D eigenvalue weighted by atomic mass is 79.9. The lowest BCUT2D eigenvalue weighted by Gasteiger charge is -2.38. The summed E-state index contributed by atoms with van der Waals surface area (Å²) in [5.74, 6) is 2.40. The molecular weight excluding hydrogens is 312 g/mol. The molecule has 98 valence electrons. The maximum absolute atomic E-state index is 6.03. The molecule has 3 nitrogen and oxygen atoms in total. The Morgan fingerprint density at radius 2 is 2.44 bits per heavy atom. The van der Waals surface area contributed by atoms with Crippen LogP contribution >= 0.6 is 27.7 Å². The Labute approximate surface area is 120 Å². The molecule has 2 saturated heterocycles. The lowest BCUT2D eigenvalue weighted by atomic mass is 9.90. The van der Waals surface area contributed by atoms with Crippen molar-refractivity contribution < 1.29 is 4.74 Å². The van der Waals surface area contributed by atoms with Crippen molar-refractivity contribution in [2.45, 2.75) is 30.9 Å². The summed E-state index contributed by atoms with van der Waals surface area (Å²) in [6.07, 6.45) is 7.10. The van der Waals surface area contributed by atoms with Crippen LogP contribution < -0.4 is 5.32 Å². The number of hydrogen-bond donors (Lipinski definition) is 1. The number of ether oxygens (including phenoxy) is 1. The maximum Gasteiger partial charge on any atom is 0.0799 e. The van der Waals surface area contributed by atoms with Crippen LogP contribution in [0.15, 0.2) is 22.9 Å². The van der Waals surface area contributed by atoms with E-state index in [-0.39, 0.29) is 5.60 Å². The molecule has 1 spiro atoms. The van der Waals surface area contributed by atoms with Crippen LogP contribution in [0.2, 0.25) is 0 Å². The van der Waals surface area contributed by atoms with Crippen LogP contribution in [-0.2, 0) is 4.74 Å². The Hall–Kier alpha value is -0.260. The fraction of sp³-hybridized carbons (Fsp3) is 0.615. The summed E-state index contributed by atoms with van der Waals surface area (Å²) in [6, 6.07) is 2.59. The van der Waals surface area contributed by atoms with Gasteiger partial charge in [0.05, 0.1) is 17.5 Å². The van der Waals surface area contributed by atoms with Gasteiger partial charge in [-0.15, -0.1) is 0 Å². The van der Waals surface area contributed by atoms with Gasteiger partial charge >= 0.3 is 0 Å². The number of aromatic nitrogens is 1. The Balaban J connectivity index is 1.66. The van der Waals surface area contributed by atoms with Crippen molar-refractivity contribution in [2.75, 3.05) is 23.4 Å². The fourth-order valence-electron chi connectivity index (χ4n) is 2.74. The highest BCUT2D eigenvalue weighted by molar-refractivity contribution is 9.10. The average Bonchev–Trinajstić information content (AvgIpc) is 2.77. The van der Waals surface area contributed by atoms with Crippen molar-refractivity contribution >= 4 is 33.4 Å². The lowest BCUT2D eigenvalue weighted by Crippen LogP contribution is -2.44. The molecule has 2 aliphatic rings. The molecule has 1 N–H and O–H groups in total. The van der Waals surface area contributed by atoms with Gasteiger partial charge in [-0.25, -0.2) is 0 Å². The van der Waals surface area contributed by atoms with E-state index in [0.29, 0.717) is 6.04 Å². The van der Waals surface area contributed by atoms with Crippen molar-refractivity contribution in [3.63, 3.8) is 0 Å². The zero-order chi connectivity index (χ0) is 12.4. The van der Waals surface area contributed by atoms with Crippen molar-refractivity contribution in [3.05, 3.63) is 22.9 Å². The zero-order valence-electron chi connectivity index (χ0n) is 10.2. The first-order valence-corrected chi connectivity index (χ1v) is 8.29. The molecule has 18 heavy (non-hydrogen) atoms. The third-order valence-corrected chi connectivity index (χ3v) is 5.29. The molecule has 2 aliphatic heterocycles. The molecule has 2 fully saturated rings. The van der Waals surface area contributed by atoms with Gasteiger partial charge < -0.3 is 10.1 Å². The standard InChI is InChI=1S/C13H17BrN2OS/c14-10-5-12(8-15-7-10)16-11-1-3-17-13(6-11)2-4-18-9-13/h5,7-8,11,16H,1-4,6,9H2. The van der Waals surface area contributed by atoms with Gasteiger partial charge in [-0.05, 0) is 47.0 Å². The highest BCUT2D eigenvalue weighted by Gasteiger charge is 2.40. The summed E-state index contributed by atoms with van der Waals surface area (Å²) in [5.41, 5.74) is 1.23. The van der Waals surface area contributed by atoms with Gasteiger partial charge in [-0.3, -0.25) is 4.98 Å². The summed E-state index contributed by atoms with van der Waals surface area (Å²) in [7, 11) is 0.